The molecule has 0 saturated heterocycles. The molecular formula is C19H18N4O2. The molecule has 0 aliphatic carbocycles. The van der Waals surface area contributed by atoms with Crippen LogP contribution in [-0.2, 0) is 6.42 Å². The summed E-state index contributed by atoms with van der Waals surface area (Å²) in [5.41, 5.74) is 3.28. The summed E-state index contributed by atoms with van der Waals surface area (Å²) < 4.78 is 7.18. The number of hydrogen-bond donors (Lipinski definition) is 2. The summed E-state index contributed by atoms with van der Waals surface area (Å²) in [6.07, 6.45) is 4.63. The van der Waals surface area contributed by atoms with E-state index in [9.17, 15) is 4.79 Å². The Morgan fingerprint density at radius 1 is 1.28 bits per heavy atom. The molecule has 1 aromatic carbocycles. The van der Waals surface area contributed by atoms with Gasteiger partial charge < -0.3 is 19.4 Å². The number of hydrogen-bond acceptors (Lipinski definition) is 3. The number of aromatic amines is 1. The van der Waals surface area contributed by atoms with Crippen molar-refractivity contribution in [2.24, 2.45) is 0 Å². The van der Waals surface area contributed by atoms with Gasteiger partial charge >= 0.3 is 0 Å². The molecule has 126 valence electrons. The first-order chi connectivity index (χ1) is 12.2. The lowest BCUT2D eigenvalue weighted by Gasteiger charge is -2.01. The number of fused-ring (bicyclic) bond motifs is 2. The van der Waals surface area contributed by atoms with Gasteiger partial charge in [0.2, 0.25) is 0 Å². The smallest absolute Gasteiger partial charge is 0.267 e. The minimum Gasteiger partial charge on any atom is -0.497 e. The topological polar surface area (TPSA) is 71.4 Å². The molecule has 2 N–H and O–H groups in total. The lowest BCUT2D eigenvalue weighted by molar-refractivity contribution is 0.0950. The van der Waals surface area contributed by atoms with Gasteiger partial charge in [-0.25, -0.2) is 4.98 Å². The number of rotatable bonds is 5. The molecule has 6 nitrogen and oxygen atoms in total. The van der Waals surface area contributed by atoms with E-state index >= 15 is 0 Å². The van der Waals surface area contributed by atoms with Crippen molar-refractivity contribution < 1.29 is 9.53 Å². The fourth-order valence-corrected chi connectivity index (χ4v) is 2.86. The maximum Gasteiger partial charge on any atom is 0.267 e. The summed E-state index contributed by atoms with van der Waals surface area (Å²) in [6, 6.07) is 13.4. The largest absolute Gasteiger partial charge is 0.497 e. The zero-order valence-electron chi connectivity index (χ0n) is 13.8. The highest BCUT2D eigenvalue weighted by Gasteiger charge is 2.10. The van der Waals surface area contributed by atoms with E-state index in [2.05, 4.69) is 15.3 Å². The number of nitrogens with zero attached hydrogens (tertiary/aromatic N) is 2. The third kappa shape index (κ3) is 3.06. The standard InChI is InChI=1S/C19H18N4O2/c1-25-15-6-5-13-10-17(22-16(13)11-15)19(24)20-8-7-14-12-23-9-3-2-4-18(23)21-14/h2-6,9-12,22H,7-8H2,1H3,(H,20,24). The summed E-state index contributed by atoms with van der Waals surface area (Å²) in [6.45, 7) is 0.529. The number of aromatic nitrogens is 3. The zero-order chi connectivity index (χ0) is 17.2. The minimum atomic E-state index is -0.126. The van der Waals surface area contributed by atoms with E-state index in [4.69, 9.17) is 4.74 Å². The number of H-pyrrole nitrogens is 1. The van der Waals surface area contributed by atoms with Gasteiger partial charge in [0.25, 0.3) is 5.91 Å². The van der Waals surface area contributed by atoms with E-state index < -0.39 is 0 Å². The van der Waals surface area contributed by atoms with Crippen molar-refractivity contribution in [3.8, 4) is 5.75 Å². The molecule has 0 spiro atoms. The highest BCUT2D eigenvalue weighted by Crippen LogP contribution is 2.21. The van der Waals surface area contributed by atoms with E-state index in [1.54, 1.807) is 7.11 Å². The quantitative estimate of drug-likeness (QED) is 0.589. The number of pyridine rings is 1. The maximum atomic E-state index is 12.3. The molecule has 0 radical (unpaired) electrons. The van der Waals surface area contributed by atoms with Crippen molar-refractivity contribution in [2.75, 3.05) is 13.7 Å². The molecule has 0 atom stereocenters. The molecule has 0 fully saturated rings. The van der Waals surface area contributed by atoms with Gasteiger partial charge in [-0.15, -0.1) is 0 Å². The lowest BCUT2D eigenvalue weighted by Crippen LogP contribution is -2.26. The van der Waals surface area contributed by atoms with E-state index in [0.717, 1.165) is 28.0 Å². The van der Waals surface area contributed by atoms with Crippen LogP contribution >= 0.6 is 0 Å². The zero-order valence-corrected chi connectivity index (χ0v) is 13.8. The van der Waals surface area contributed by atoms with Crippen LogP contribution in [0.4, 0.5) is 0 Å². The first kappa shape index (κ1) is 15.3. The van der Waals surface area contributed by atoms with Crippen molar-refractivity contribution >= 4 is 22.5 Å². The molecule has 4 aromatic rings. The number of methoxy groups -OCH3 is 1. The maximum absolute atomic E-state index is 12.3. The fraction of sp³-hybridized carbons (Fsp3) is 0.158. The fourth-order valence-electron chi connectivity index (χ4n) is 2.86. The minimum absolute atomic E-state index is 0.126. The summed E-state index contributed by atoms with van der Waals surface area (Å²) in [5, 5.41) is 3.91. The van der Waals surface area contributed by atoms with Gasteiger partial charge in [-0.1, -0.05) is 6.07 Å². The molecule has 0 aliphatic rings. The van der Waals surface area contributed by atoms with Crippen LogP contribution in [0.25, 0.3) is 16.6 Å². The van der Waals surface area contributed by atoms with Gasteiger partial charge in [0.05, 0.1) is 12.8 Å². The third-order valence-electron chi connectivity index (χ3n) is 4.15. The van der Waals surface area contributed by atoms with Gasteiger partial charge in [0, 0.05) is 42.3 Å². The SMILES string of the molecule is COc1ccc2cc(C(=O)NCCc3cn4ccccc4n3)[nH]c2c1. The van der Waals surface area contributed by atoms with Crippen LogP contribution in [0.2, 0.25) is 0 Å². The summed E-state index contributed by atoms with van der Waals surface area (Å²) in [5.74, 6) is 0.632. The molecule has 4 rings (SSSR count). The second kappa shape index (κ2) is 6.32. The van der Waals surface area contributed by atoms with Crippen LogP contribution in [0.5, 0.6) is 5.75 Å². The molecule has 0 saturated carbocycles. The Hall–Kier alpha value is -3.28. The van der Waals surface area contributed by atoms with Crippen LogP contribution in [-0.4, -0.2) is 33.9 Å². The molecule has 3 aromatic heterocycles. The van der Waals surface area contributed by atoms with Crippen LogP contribution in [0.15, 0.2) is 54.9 Å². The number of carbonyl (C=O) groups excluding carboxylic acids is 1. The Bertz CT molecular complexity index is 1010. The molecular weight excluding hydrogens is 316 g/mol. The summed E-state index contributed by atoms with van der Waals surface area (Å²) in [7, 11) is 1.62. The number of nitrogens with one attached hydrogen (secondary N) is 2. The first-order valence-electron chi connectivity index (χ1n) is 8.10. The van der Waals surface area contributed by atoms with E-state index in [0.29, 0.717) is 18.7 Å². The lowest BCUT2D eigenvalue weighted by atomic mass is 10.2. The van der Waals surface area contributed by atoms with Crippen molar-refractivity contribution in [1.82, 2.24) is 19.7 Å². The monoisotopic (exact) mass is 334 g/mol. The van der Waals surface area contributed by atoms with E-state index in [1.165, 1.54) is 0 Å². The average Bonchev–Trinajstić information content (AvgIpc) is 3.24. The van der Waals surface area contributed by atoms with Crippen LogP contribution in [0, 0.1) is 0 Å². The number of imidazole rings is 1. The Morgan fingerprint density at radius 2 is 2.20 bits per heavy atom. The van der Waals surface area contributed by atoms with Gasteiger partial charge in [0.15, 0.2) is 0 Å². The molecule has 1 amide bonds. The third-order valence-corrected chi connectivity index (χ3v) is 4.15. The summed E-state index contributed by atoms with van der Waals surface area (Å²) >= 11 is 0. The number of amides is 1. The van der Waals surface area contributed by atoms with Gasteiger partial charge in [0.1, 0.15) is 17.1 Å². The Morgan fingerprint density at radius 3 is 3.04 bits per heavy atom. The predicted octanol–water partition coefficient (Wildman–Crippen LogP) is 2.80. The van der Waals surface area contributed by atoms with Crippen molar-refractivity contribution in [1.29, 1.82) is 0 Å². The van der Waals surface area contributed by atoms with Crippen molar-refractivity contribution in [3.05, 3.63) is 66.2 Å². The highest BCUT2D eigenvalue weighted by molar-refractivity contribution is 5.98. The summed E-state index contributed by atoms with van der Waals surface area (Å²) in [4.78, 5) is 20.0. The average molecular weight is 334 g/mol. The van der Waals surface area contributed by atoms with E-state index in [-0.39, 0.29) is 5.91 Å². The Labute approximate surface area is 144 Å². The Kier molecular flexibility index (Phi) is 3.85. The molecule has 0 aliphatic heterocycles. The number of ether oxygens (including phenoxy) is 1. The van der Waals surface area contributed by atoms with Crippen molar-refractivity contribution in [3.63, 3.8) is 0 Å². The van der Waals surface area contributed by atoms with Crippen LogP contribution in [0.3, 0.4) is 0 Å². The first-order valence-corrected chi connectivity index (χ1v) is 8.10. The second-order valence-corrected chi connectivity index (χ2v) is 5.84. The number of carbonyl (C=O) groups is 1. The van der Waals surface area contributed by atoms with Crippen molar-refractivity contribution in [2.45, 2.75) is 6.42 Å². The highest BCUT2D eigenvalue weighted by atomic mass is 16.5. The predicted molar refractivity (Wildman–Crippen MR) is 96.1 cm³/mol. The van der Waals surface area contributed by atoms with Gasteiger partial charge in [-0.2, -0.15) is 0 Å². The van der Waals surface area contributed by atoms with Crippen LogP contribution in [0.1, 0.15) is 16.2 Å². The molecule has 0 unspecified atom stereocenters. The molecule has 6 heteroatoms. The van der Waals surface area contributed by atoms with E-state index in [1.807, 2.05) is 59.3 Å². The molecule has 25 heavy (non-hydrogen) atoms. The van der Waals surface area contributed by atoms with Gasteiger partial charge in [-0.05, 0) is 30.3 Å². The second-order valence-electron chi connectivity index (χ2n) is 5.84. The molecule has 3 heterocycles. The molecule has 0 bridgehead atoms. The Balaban J connectivity index is 1.41. The normalized spacial score (nSPS) is 11.1. The van der Waals surface area contributed by atoms with Gasteiger partial charge in [-0.3, -0.25) is 4.79 Å². The van der Waals surface area contributed by atoms with Crippen LogP contribution < -0.4 is 10.1 Å². The number of benzene rings is 1.